The monoisotopic (exact) mass is 362 g/mol. The minimum atomic E-state index is -0.689. The van der Waals surface area contributed by atoms with Gasteiger partial charge in [-0.2, -0.15) is 0 Å². The van der Waals surface area contributed by atoms with Crippen molar-refractivity contribution in [2.24, 2.45) is 5.41 Å². The van der Waals surface area contributed by atoms with E-state index in [1.165, 1.54) is 0 Å². The van der Waals surface area contributed by atoms with Crippen LogP contribution in [0.5, 0.6) is 5.75 Å². The summed E-state index contributed by atoms with van der Waals surface area (Å²) < 4.78 is 5.35. The smallest absolute Gasteiger partial charge is 0.407 e. The molecule has 2 atom stereocenters. The average molecular weight is 362 g/mol. The molecule has 0 radical (unpaired) electrons. The van der Waals surface area contributed by atoms with Gasteiger partial charge in [0.2, 0.25) is 5.91 Å². The van der Waals surface area contributed by atoms with Crippen molar-refractivity contribution in [1.82, 2.24) is 10.6 Å². The first-order valence-corrected chi connectivity index (χ1v) is 9.16. The van der Waals surface area contributed by atoms with Crippen molar-refractivity contribution < 1.29 is 19.4 Å². The van der Waals surface area contributed by atoms with E-state index < -0.39 is 17.1 Å². The van der Waals surface area contributed by atoms with Crippen molar-refractivity contribution in [2.45, 2.75) is 71.6 Å². The Morgan fingerprint density at radius 2 is 2.04 bits per heavy atom. The van der Waals surface area contributed by atoms with Crippen LogP contribution in [-0.4, -0.2) is 28.7 Å². The molecule has 2 rings (SSSR count). The number of alkyl carbamates (subject to hydrolysis) is 1. The van der Waals surface area contributed by atoms with Gasteiger partial charge in [-0.15, -0.1) is 0 Å². The zero-order valence-corrected chi connectivity index (χ0v) is 16.1. The predicted octanol–water partition coefficient (Wildman–Crippen LogP) is 3.48. The first-order valence-electron chi connectivity index (χ1n) is 9.16. The highest BCUT2D eigenvalue weighted by atomic mass is 16.6. The number of benzene rings is 1. The number of ether oxygens (including phenoxy) is 1. The van der Waals surface area contributed by atoms with E-state index in [9.17, 15) is 14.7 Å². The van der Waals surface area contributed by atoms with Crippen LogP contribution in [0.25, 0.3) is 0 Å². The summed E-state index contributed by atoms with van der Waals surface area (Å²) in [5, 5.41) is 15.4. The Morgan fingerprint density at radius 1 is 1.31 bits per heavy atom. The molecule has 6 nitrogen and oxygen atoms in total. The van der Waals surface area contributed by atoms with E-state index in [1.54, 1.807) is 18.2 Å². The Bertz CT molecular complexity index is 653. The zero-order chi connectivity index (χ0) is 19.4. The van der Waals surface area contributed by atoms with Crippen LogP contribution >= 0.6 is 0 Å². The second-order valence-electron chi connectivity index (χ2n) is 8.21. The Kier molecular flexibility index (Phi) is 6.16. The summed E-state index contributed by atoms with van der Waals surface area (Å²) in [7, 11) is 0. The van der Waals surface area contributed by atoms with E-state index >= 15 is 0 Å². The molecule has 0 saturated heterocycles. The van der Waals surface area contributed by atoms with Gasteiger partial charge in [0.1, 0.15) is 11.4 Å². The number of phenolic OH excluding ortho intramolecular Hbond substituents is 1. The Hall–Kier alpha value is -2.24. The van der Waals surface area contributed by atoms with E-state index in [2.05, 4.69) is 10.6 Å². The normalized spacial score (nSPS) is 23.2. The number of hydrogen-bond donors (Lipinski definition) is 3. The summed E-state index contributed by atoms with van der Waals surface area (Å²) >= 11 is 0. The van der Waals surface area contributed by atoms with Gasteiger partial charge in [-0.25, -0.2) is 4.79 Å². The number of carbonyl (C=O) groups is 2. The minimum absolute atomic E-state index is 0.0957. The molecule has 1 fully saturated rings. The van der Waals surface area contributed by atoms with Crippen molar-refractivity contribution >= 4 is 12.0 Å². The molecule has 1 aromatic rings. The van der Waals surface area contributed by atoms with Gasteiger partial charge in [0, 0.05) is 12.6 Å². The number of hydrogen-bond acceptors (Lipinski definition) is 4. The lowest BCUT2D eigenvalue weighted by atomic mass is 9.71. The molecule has 1 aromatic carbocycles. The second-order valence-corrected chi connectivity index (χ2v) is 8.21. The summed E-state index contributed by atoms with van der Waals surface area (Å²) in [6.45, 7) is 7.67. The van der Waals surface area contributed by atoms with Crippen LogP contribution in [-0.2, 0) is 16.1 Å². The molecule has 0 heterocycles. The molecule has 0 spiro atoms. The number of rotatable bonds is 4. The van der Waals surface area contributed by atoms with Crippen molar-refractivity contribution in [1.29, 1.82) is 0 Å². The lowest BCUT2D eigenvalue weighted by Gasteiger charge is -2.40. The van der Waals surface area contributed by atoms with Gasteiger partial charge in [0.05, 0.1) is 5.41 Å². The van der Waals surface area contributed by atoms with Crippen LogP contribution in [0, 0.1) is 5.41 Å². The van der Waals surface area contributed by atoms with Gasteiger partial charge in [-0.05, 0) is 58.2 Å². The van der Waals surface area contributed by atoms with Crippen LogP contribution in [0.2, 0.25) is 0 Å². The zero-order valence-electron chi connectivity index (χ0n) is 16.1. The largest absolute Gasteiger partial charge is 0.508 e. The molecule has 6 heteroatoms. The number of carbonyl (C=O) groups excluding carboxylic acids is 2. The molecule has 26 heavy (non-hydrogen) atoms. The molecule has 2 amide bonds. The summed E-state index contributed by atoms with van der Waals surface area (Å²) in [5.74, 6) is 0.0756. The predicted molar refractivity (Wildman–Crippen MR) is 99.7 cm³/mol. The maximum Gasteiger partial charge on any atom is 0.407 e. The number of aromatic hydroxyl groups is 1. The fourth-order valence-corrected chi connectivity index (χ4v) is 3.34. The summed E-state index contributed by atoms with van der Waals surface area (Å²) in [6.07, 6.45) is 2.88. The van der Waals surface area contributed by atoms with Gasteiger partial charge >= 0.3 is 6.09 Å². The first kappa shape index (κ1) is 20.1. The first-order chi connectivity index (χ1) is 12.1. The van der Waals surface area contributed by atoms with Gasteiger partial charge in [-0.3, -0.25) is 4.79 Å². The maximum absolute atomic E-state index is 12.9. The fraction of sp³-hybridized carbons (Fsp3) is 0.600. The van der Waals surface area contributed by atoms with Crippen molar-refractivity contribution in [3.63, 3.8) is 0 Å². The Morgan fingerprint density at radius 3 is 2.69 bits per heavy atom. The number of phenols is 1. The molecular formula is C20H30N2O4. The lowest BCUT2D eigenvalue weighted by Crippen LogP contribution is -2.56. The van der Waals surface area contributed by atoms with Crippen LogP contribution in [0.1, 0.15) is 58.9 Å². The maximum atomic E-state index is 12.9. The lowest BCUT2D eigenvalue weighted by molar-refractivity contribution is -0.133. The van der Waals surface area contributed by atoms with Crippen molar-refractivity contribution in [3.8, 4) is 5.75 Å². The highest BCUT2D eigenvalue weighted by molar-refractivity contribution is 5.84. The van der Waals surface area contributed by atoms with E-state index in [0.717, 1.165) is 24.8 Å². The summed E-state index contributed by atoms with van der Waals surface area (Å²) in [5.41, 5.74) is -0.437. The molecule has 1 aliphatic carbocycles. The molecule has 1 saturated carbocycles. The summed E-state index contributed by atoms with van der Waals surface area (Å²) in [4.78, 5) is 25.1. The number of amides is 2. The van der Waals surface area contributed by atoms with Crippen LogP contribution in [0.3, 0.4) is 0 Å². The molecule has 0 aliphatic heterocycles. The van der Waals surface area contributed by atoms with Crippen LogP contribution < -0.4 is 10.6 Å². The van der Waals surface area contributed by atoms with E-state index in [1.807, 2.05) is 33.8 Å². The fourth-order valence-electron chi connectivity index (χ4n) is 3.34. The molecule has 0 aromatic heterocycles. The molecule has 0 unspecified atom stereocenters. The van der Waals surface area contributed by atoms with Gasteiger partial charge in [-0.1, -0.05) is 25.0 Å². The quantitative estimate of drug-likeness (QED) is 0.765. The molecule has 3 N–H and O–H groups in total. The highest BCUT2D eigenvalue weighted by Gasteiger charge is 2.44. The minimum Gasteiger partial charge on any atom is -0.508 e. The van der Waals surface area contributed by atoms with Gasteiger partial charge in [0.15, 0.2) is 0 Å². The van der Waals surface area contributed by atoms with Crippen molar-refractivity contribution in [2.75, 3.05) is 0 Å². The molecule has 1 aliphatic rings. The second kappa shape index (κ2) is 7.98. The summed E-state index contributed by atoms with van der Waals surface area (Å²) in [6, 6.07) is 6.54. The SMILES string of the molecule is CC(C)(C)OC(=O)N[C@H]1CCCC[C@@]1(C)C(=O)NCc1cccc(O)c1. The molecule has 144 valence electrons. The third-order valence-corrected chi connectivity index (χ3v) is 4.78. The van der Waals surface area contributed by atoms with Crippen molar-refractivity contribution in [3.05, 3.63) is 29.8 Å². The number of nitrogens with one attached hydrogen (secondary N) is 2. The van der Waals surface area contributed by atoms with Crippen LogP contribution in [0.4, 0.5) is 4.79 Å². The Balaban J connectivity index is 2.02. The third-order valence-electron chi connectivity index (χ3n) is 4.78. The standard InChI is InChI=1S/C20H30N2O4/c1-19(2,3)26-18(25)22-16-10-5-6-11-20(16,4)17(24)21-13-14-8-7-9-15(23)12-14/h7-9,12,16,23H,5-6,10-11,13H2,1-4H3,(H,21,24)(H,22,25)/t16-,20+/m0/s1. The highest BCUT2D eigenvalue weighted by Crippen LogP contribution is 2.36. The van der Waals surface area contributed by atoms with Gasteiger partial charge in [0.25, 0.3) is 0 Å². The average Bonchev–Trinajstić information content (AvgIpc) is 2.53. The van der Waals surface area contributed by atoms with E-state index in [4.69, 9.17) is 4.74 Å². The van der Waals surface area contributed by atoms with Gasteiger partial charge < -0.3 is 20.5 Å². The Labute approximate surface area is 155 Å². The molecular weight excluding hydrogens is 332 g/mol. The van der Waals surface area contributed by atoms with E-state index in [0.29, 0.717) is 13.0 Å². The van der Waals surface area contributed by atoms with E-state index in [-0.39, 0.29) is 17.7 Å². The topological polar surface area (TPSA) is 87.7 Å². The van der Waals surface area contributed by atoms with Crippen LogP contribution in [0.15, 0.2) is 24.3 Å². The third kappa shape index (κ3) is 5.38. The molecule has 0 bridgehead atoms.